The normalized spacial score (nSPS) is 10.5. The number of benzene rings is 1. The van der Waals surface area contributed by atoms with Crippen LogP contribution in [0.1, 0.15) is 27.3 Å². The summed E-state index contributed by atoms with van der Waals surface area (Å²) in [6.07, 6.45) is 0. The molecular formula is C14H16N2O. The SMILES string of the molecule is Cc1ccc(-n2c(C)cc(C(N)=O)c2C)cc1. The number of carbonyl (C=O) groups excluding carboxylic acids is 1. The van der Waals surface area contributed by atoms with Crippen molar-refractivity contribution >= 4 is 5.91 Å². The molecule has 3 heteroatoms. The van der Waals surface area contributed by atoms with E-state index >= 15 is 0 Å². The minimum Gasteiger partial charge on any atom is -0.366 e. The van der Waals surface area contributed by atoms with E-state index in [2.05, 4.69) is 12.1 Å². The summed E-state index contributed by atoms with van der Waals surface area (Å²) in [6, 6.07) is 10.0. The summed E-state index contributed by atoms with van der Waals surface area (Å²) in [7, 11) is 0. The van der Waals surface area contributed by atoms with Gasteiger partial charge >= 0.3 is 0 Å². The lowest BCUT2D eigenvalue weighted by Crippen LogP contribution is -2.12. The van der Waals surface area contributed by atoms with Crippen LogP contribution in [0.4, 0.5) is 0 Å². The number of amides is 1. The van der Waals surface area contributed by atoms with Crippen molar-refractivity contribution in [3.63, 3.8) is 0 Å². The molecule has 17 heavy (non-hydrogen) atoms. The molecule has 0 saturated carbocycles. The minimum absolute atomic E-state index is 0.378. The van der Waals surface area contributed by atoms with Gasteiger partial charge < -0.3 is 10.3 Å². The number of nitrogens with zero attached hydrogens (tertiary/aromatic N) is 1. The Morgan fingerprint density at radius 3 is 2.18 bits per heavy atom. The highest BCUT2D eigenvalue weighted by molar-refractivity contribution is 5.94. The first-order chi connectivity index (χ1) is 8.00. The maximum atomic E-state index is 11.3. The van der Waals surface area contributed by atoms with Gasteiger partial charge in [-0.05, 0) is 39.0 Å². The van der Waals surface area contributed by atoms with Crippen LogP contribution in [0, 0.1) is 20.8 Å². The summed E-state index contributed by atoms with van der Waals surface area (Å²) < 4.78 is 2.04. The van der Waals surface area contributed by atoms with Gasteiger partial charge in [0.1, 0.15) is 0 Å². The molecule has 0 saturated heterocycles. The zero-order valence-electron chi connectivity index (χ0n) is 10.3. The van der Waals surface area contributed by atoms with Crippen molar-refractivity contribution < 1.29 is 4.79 Å². The van der Waals surface area contributed by atoms with Crippen molar-refractivity contribution in [2.45, 2.75) is 20.8 Å². The molecule has 88 valence electrons. The standard InChI is InChI=1S/C14H16N2O/c1-9-4-6-12(7-5-9)16-10(2)8-13(11(16)3)14(15)17/h4-8H,1-3H3,(H2,15,17). The van der Waals surface area contributed by atoms with Crippen LogP contribution in [0.3, 0.4) is 0 Å². The third-order valence-corrected chi connectivity index (χ3v) is 2.99. The molecule has 0 radical (unpaired) electrons. The van der Waals surface area contributed by atoms with Crippen molar-refractivity contribution in [3.05, 3.63) is 52.8 Å². The van der Waals surface area contributed by atoms with Crippen LogP contribution in [-0.2, 0) is 0 Å². The fourth-order valence-electron chi connectivity index (χ4n) is 2.10. The summed E-state index contributed by atoms with van der Waals surface area (Å²) in [6.45, 7) is 5.93. The number of hydrogen-bond donors (Lipinski definition) is 1. The van der Waals surface area contributed by atoms with Crippen LogP contribution < -0.4 is 5.73 Å². The fraction of sp³-hybridized carbons (Fsp3) is 0.214. The lowest BCUT2D eigenvalue weighted by molar-refractivity contribution is 0.0999. The van der Waals surface area contributed by atoms with Gasteiger partial charge in [0.2, 0.25) is 0 Å². The fourth-order valence-corrected chi connectivity index (χ4v) is 2.10. The first kappa shape index (κ1) is 11.5. The second kappa shape index (κ2) is 4.09. The van der Waals surface area contributed by atoms with Crippen molar-refractivity contribution in [1.29, 1.82) is 0 Å². The Bertz CT molecular complexity index is 565. The van der Waals surface area contributed by atoms with E-state index < -0.39 is 0 Å². The summed E-state index contributed by atoms with van der Waals surface area (Å²) >= 11 is 0. The highest BCUT2D eigenvalue weighted by atomic mass is 16.1. The summed E-state index contributed by atoms with van der Waals surface area (Å²) in [5, 5.41) is 0. The molecule has 0 bridgehead atoms. The predicted molar refractivity (Wildman–Crippen MR) is 68.5 cm³/mol. The van der Waals surface area contributed by atoms with E-state index in [0.29, 0.717) is 5.56 Å². The van der Waals surface area contributed by atoms with Crippen molar-refractivity contribution in [1.82, 2.24) is 4.57 Å². The van der Waals surface area contributed by atoms with E-state index in [1.807, 2.05) is 43.5 Å². The highest BCUT2D eigenvalue weighted by Crippen LogP contribution is 2.20. The number of rotatable bonds is 2. The van der Waals surface area contributed by atoms with E-state index in [0.717, 1.165) is 17.1 Å². The number of primary amides is 1. The molecule has 2 aromatic rings. The Hall–Kier alpha value is -2.03. The van der Waals surface area contributed by atoms with Crippen LogP contribution in [0.5, 0.6) is 0 Å². The van der Waals surface area contributed by atoms with Gasteiger partial charge in [0, 0.05) is 17.1 Å². The van der Waals surface area contributed by atoms with Gasteiger partial charge in [-0.1, -0.05) is 17.7 Å². The zero-order valence-corrected chi connectivity index (χ0v) is 10.3. The average Bonchev–Trinajstić information content (AvgIpc) is 2.56. The Labute approximate surface area is 101 Å². The van der Waals surface area contributed by atoms with Gasteiger partial charge in [-0.15, -0.1) is 0 Å². The van der Waals surface area contributed by atoms with Gasteiger partial charge in [-0.25, -0.2) is 0 Å². The molecule has 2 rings (SSSR count). The molecule has 0 unspecified atom stereocenters. The van der Waals surface area contributed by atoms with E-state index in [1.54, 1.807) is 0 Å². The highest BCUT2D eigenvalue weighted by Gasteiger charge is 2.13. The smallest absolute Gasteiger partial charge is 0.250 e. The van der Waals surface area contributed by atoms with Crippen molar-refractivity contribution in [2.24, 2.45) is 5.73 Å². The van der Waals surface area contributed by atoms with E-state index in [9.17, 15) is 4.79 Å². The second-order valence-corrected chi connectivity index (χ2v) is 4.32. The third-order valence-electron chi connectivity index (χ3n) is 2.99. The second-order valence-electron chi connectivity index (χ2n) is 4.32. The maximum absolute atomic E-state index is 11.3. The molecule has 0 aliphatic rings. The largest absolute Gasteiger partial charge is 0.366 e. The van der Waals surface area contributed by atoms with E-state index in [4.69, 9.17) is 5.73 Å². The Morgan fingerprint density at radius 1 is 1.12 bits per heavy atom. The summed E-state index contributed by atoms with van der Waals surface area (Å²) in [4.78, 5) is 11.3. The maximum Gasteiger partial charge on any atom is 0.250 e. The molecular weight excluding hydrogens is 212 g/mol. The van der Waals surface area contributed by atoms with E-state index in [1.165, 1.54) is 5.56 Å². The van der Waals surface area contributed by atoms with Crippen LogP contribution in [0.2, 0.25) is 0 Å². The van der Waals surface area contributed by atoms with Gasteiger partial charge in [-0.2, -0.15) is 0 Å². The molecule has 1 amide bonds. The molecule has 1 aromatic carbocycles. The first-order valence-electron chi connectivity index (χ1n) is 5.56. The Kier molecular flexibility index (Phi) is 2.76. The topological polar surface area (TPSA) is 48.0 Å². The average molecular weight is 228 g/mol. The van der Waals surface area contributed by atoms with Crippen LogP contribution in [0.25, 0.3) is 5.69 Å². The lowest BCUT2D eigenvalue weighted by Gasteiger charge is -2.09. The first-order valence-corrected chi connectivity index (χ1v) is 5.56. The molecule has 3 nitrogen and oxygen atoms in total. The number of aromatic nitrogens is 1. The van der Waals surface area contributed by atoms with Gasteiger partial charge in [-0.3, -0.25) is 4.79 Å². The van der Waals surface area contributed by atoms with Crippen LogP contribution >= 0.6 is 0 Å². The third kappa shape index (κ3) is 1.96. The molecule has 1 heterocycles. The number of nitrogens with two attached hydrogens (primary N) is 1. The molecule has 1 aromatic heterocycles. The summed E-state index contributed by atoms with van der Waals surface area (Å²) in [5.74, 6) is -0.378. The molecule has 0 aliphatic carbocycles. The number of hydrogen-bond acceptors (Lipinski definition) is 1. The molecule has 0 fully saturated rings. The van der Waals surface area contributed by atoms with Crippen molar-refractivity contribution in [3.8, 4) is 5.69 Å². The molecule has 0 aliphatic heterocycles. The Morgan fingerprint density at radius 2 is 1.71 bits per heavy atom. The number of aryl methyl sites for hydroxylation is 2. The van der Waals surface area contributed by atoms with Crippen LogP contribution in [0.15, 0.2) is 30.3 Å². The summed E-state index contributed by atoms with van der Waals surface area (Å²) in [5.41, 5.74) is 10.1. The van der Waals surface area contributed by atoms with Crippen molar-refractivity contribution in [2.75, 3.05) is 0 Å². The van der Waals surface area contributed by atoms with Gasteiger partial charge in [0.25, 0.3) is 5.91 Å². The Balaban J connectivity index is 2.59. The quantitative estimate of drug-likeness (QED) is 0.843. The minimum atomic E-state index is -0.378. The predicted octanol–water partition coefficient (Wildman–Crippen LogP) is 2.50. The van der Waals surface area contributed by atoms with Crippen LogP contribution in [-0.4, -0.2) is 10.5 Å². The lowest BCUT2D eigenvalue weighted by atomic mass is 10.2. The molecule has 0 spiro atoms. The molecule has 2 N–H and O–H groups in total. The zero-order chi connectivity index (χ0) is 12.6. The molecule has 0 atom stereocenters. The number of carbonyl (C=O) groups is 1. The van der Waals surface area contributed by atoms with Gasteiger partial charge in [0.05, 0.1) is 5.56 Å². The van der Waals surface area contributed by atoms with E-state index in [-0.39, 0.29) is 5.91 Å². The van der Waals surface area contributed by atoms with Gasteiger partial charge in [0.15, 0.2) is 0 Å². The monoisotopic (exact) mass is 228 g/mol.